The van der Waals surface area contributed by atoms with E-state index in [1.807, 2.05) is 18.2 Å². The van der Waals surface area contributed by atoms with E-state index in [0.29, 0.717) is 17.9 Å². The second-order valence-electron chi connectivity index (χ2n) is 7.37. The van der Waals surface area contributed by atoms with Crippen molar-refractivity contribution < 1.29 is 27.6 Å². The zero-order valence-corrected chi connectivity index (χ0v) is 17.4. The Balaban J connectivity index is 0.000000339. The number of halogens is 3. The third-order valence-corrected chi connectivity index (χ3v) is 5.33. The highest BCUT2D eigenvalue weighted by molar-refractivity contribution is 5.83. The van der Waals surface area contributed by atoms with Crippen molar-refractivity contribution in [3.63, 3.8) is 0 Å². The Morgan fingerprint density at radius 2 is 1.94 bits per heavy atom. The number of aryl methyl sites for hydroxylation is 1. The van der Waals surface area contributed by atoms with Crippen molar-refractivity contribution in [3.8, 4) is 5.95 Å². The first-order valence-electron chi connectivity index (χ1n) is 10.00. The highest BCUT2D eigenvalue weighted by Gasteiger charge is 2.38. The maximum absolute atomic E-state index is 10.6. The third kappa shape index (κ3) is 4.87. The molecule has 11 heteroatoms. The van der Waals surface area contributed by atoms with Gasteiger partial charge in [-0.1, -0.05) is 32.0 Å². The average Bonchev–Trinajstić information content (AvgIpc) is 3.31. The number of alkyl halides is 3. The summed E-state index contributed by atoms with van der Waals surface area (Å²) in [6.07, 6.45) is -3.04. The van der Waals surface area contributed by atoms with Gasteiger partial charge in [-0.05, 0) is 31.0 Å². The molecule has 1 aliphatic rings. The summed E-state index contributed by atoms with van der Waals surface area (Å²) in [6, 6.07) is 8.80. The number of carboxylic acids is 1. The topological polar surface area (TPSA) is 97.3 Å². The normalized spacial score (nSPS) is 15.9. The van der Waals surface area contributed by atoms with E-state index in [1.165, 1.54) is 6.42 Å². The Kier molecular flexibility index (Phi) is 6.63. The first kappa shape index (κ1) is 22.7. The van der Waals surface area contributed by atoms with E-state index in [2.05, 4.69) is 47.0 Å². The monoisotopic (exact) mass is 439 g/mol. The molecule has 0 aliphatic carbocycles. The van der Waals surface area contributed by atoms with Gasteiger partial charge in [-0.25, -0.2) is 4.79 Å². The molecule has 4 rings (SSSR count). The molecule has 0 amide bonds. The Morgan fingerprint density at radius 3 is 2.52 bits per heavy atom. The molecule has 3 heterocycles. The van der Waals surface area contributed by atoms with E-state index in [-0.39, 0.29) is 0 Å². The highest BCUT2D eigenvalue weighted by atomic mass is 19.4. The molecule has 8 nitrogen and oxygen atoms in total. The number of benzene rings is 1. The molecule has 168 valence electrons. The van der Waals surface area contributed by atoms with Gasteiger partial charge in [0, 0.05) is 24.5 Å². The predicted molar refractivity (Wildman–Crippen MR) is 106 cm³/mol. The lowest BCUT2D eigenvalue weighted by Gasteiger charge is -2.41. The Morgan fingerprint density at radius 1 is 1.29 bits per heavy atom. The lowest BCUT2D eigenvalue weighted by atomic mass is 9.97. The van der Waals surface area contributed by atoms with Crippen LogP contribution in [-0.2, 0) is 11.2 Å². The summed E-state index contributed by atoms with van der Waals surface area (Å²) in [6.45, 7) is 8.58. The van der Waals surface area contributed by atoms with Gasteiger partial charge in [0.25, 0.3) is 5.95 Å². The van der Waals surface area contributed by atoms with E-state index in [1.54, 1.807) is 4.68 Å². The van der Waals surface area contributed by atoms with Crippen LogP contribution in [0.4, 0.5) is 13.2 Å². The van der Waals surface area contributed by atoms with Gasteiger partial charge >= 0.3 is 12.1 Å². The molecule has 31 heavy (non-hydrogen) atoms. The van der Waals surface area contributed by atoms with Gasteiger partial charge in [-0.3, -0.25) is 4.90 Å². The predicted octanol–water partition coefficient (Wildman–Crippen LogP) is 3.80. The summed E-state index contributed by atoms with van der Waals surface area (Å²) < 4.78 is 39.1. The summed E-state index contributed by atoms with van der Waals surface area (Å²) >= 11 is 0. The SMILES string of the molecule is CCc1nn(-c2noc(C3CN(C(C)CC)C3)n2)c2ccccc12.O=C(O)C(F)(F)F. The van der Waals surface area contributed by atoms with Gasteiger partial charge < -0.3 is 9.63 Å². The number of para-hydroxylation sites is 1. The van der Waals surface area contributed by atoms with Crippen LogP contribution >= 0.6 is 0 Å². The number of nitrogens with zero attached hydrogens (tertiary/aromatic N) is 5. The molecule has 1 saturated heterocycles. The minimum Gasteiger partial charge on any atom is -0.475 e. The lowest BCUT2D eigenvalue weighted by Crippen LogP contribution is -2.49. The number of likely N-dealkylation sites (tertiary alicyclic amines) is 1. The van der Waals surface area contributed by atoms with Crippen molar-refractivity contribution in [2.75, 3.05) is 13.1 Å². The number of hydrogen-bond donors (Lipinski definition) is 1. The van der Waals surface area contributed by atoms with Crippen molar-refractivity contribution in [3.05, 3.63) is 35.9 Å². The average molecular weight is 439 g/mol. The van der Waals surface area contributed by atoms with Gasteiger partial charge in [0.1, 0.15) is 0 Å². The molecular formula is C20H24F3N5O3. The van der Waals surface area contributed by atoms with Crippen LogP contribution in [0.1, 0.15) is 44.7 Å². The largest absolute Gasteiger partial charge is 0.490 e. The number of aromatic nitrogens is 4. The van der Waals surface area contributed by atoms with Crippen LogP contribution in [0.25, 0.3) is 16.9 Å². The van der Waals surface area contributed by atoms with E-state index in [9.17, 15) is 13.2 Å². The summed E-state index contributed by atoms with van der Waals surface area (Å²) in [5.74, 6) is -1.16. The fourth-order valence-corrected chi connectivity index (χ4v) is 3.31. The van der Waals surface area contributed by atoms with Gasteiger partial charge in [-0.15, -0.1) is 0 Å². The molecule has 1 N–H and O–H groups in total. The molecule has 1 fully saturated rings. The number of carboxylic acid groups (broad SMARTS) is 1. The van der Waals surface area contributed by atoms with Crippen molar-refractivity contribution in [2.45, 2.75) is 51.7 Å². The smallest absolute Gasteiger partial charge is 0.475 e. The van der Waals surface area contributed by atoms with Crippen LogP contribution in [0.15, 0.2) is 28.8 Å². The number of carbonyl (C=O) groups is 1. The van der Waals surface area contributed by atoms with Crippen molar-refractivity contribution >= 4 is 16.9 Å². The van der Waals surface area contributed by atoms with Gasteiger partial charge in [0.15, 0.2) is 0 Å². The standard InChI is InChI=1S/C18H23N5O.C2HF3O2/c1-4-12(3)22-10-13(11-22)17-19-18(21-24-17)23-16-9-7-6-8-14(16)15(5-2)20-23;3-2(4,5)1(6)7/h6-9,12-13H,4-5,10-11H2,1-3H3;(H,6,7). The zero-order valence-electron chi connectivity index (χ0n) is 17.4. The number of hydrogen-bond acceptors (Lipinski definition) is 6. The van der Waals surface area contributed by atoms with Gasteiger partial charge in [-0.2, -0.15) is 27.9 Å². The van der Waals surface area contributed by atoms with Gasteiger partial charge in [0.2, 0.25) is 5.89 Å². The molecule has 2 aromatic heterocycles. The van der Waals surface area contributed by atoms with Crippen LogP contribution in [0.5, 0.6) is 0 Å². The molecular weight excluding hydrogens is 415 g/mol. The molecule has 0 saturated carbocycles. The number of aliphatic carboxylic acids is 1. The first-order chi connectivity index (χ1) is 14.7. The maximum atomic E-state index is 10.6. The maximum Gasteiger partial charge on any atom is 0.490 e. The first-order valence-corrected chi connectivity index (χ1v) is 10.00. The van der Waals surface area contributed by atoms with E-state index < -0.39 is 12.1 Å². The Bertz CT molecular complexity index is 1040. The van der Waals surface area contributed by atoms with Crippen LogP contribution in [0.2, 0.25) is 0 Å². The number of rotatable bonds is 5. The molecule has 1 aliphatic heterocycles. The van der Waals surface area contributed by atoms with Gasteiger partial charge in [0.05, 0.1) is 17.1 Å². The molecule has 0 bridgehead atoms. The van der Waals surface area contributed by atoms with Crippen molar-refractivity contribution in [1.82, 2.24) is 24.8 Å². The van der Waals surface area contributed by atoms with Crippen LogP contribution in [0.3, 0.4) is 0 Å². The number of fused-ring (bicyclic) bond motifs is 1. The van der Waals surface area contributed by atoms with Crippen LogP contribution in [0, 0.1) is 0 Å². The minimum atomic E-state index is -5.08. The fourth-order valence-electron chi connectivity index (χ4n) is 3.31. The summed E-state index contributed by atoms with van der Waals surface area (Å²) in [7, 11) is 0. The quantitative estimate of drug-likeness (QED) is 0.646. The van der Waals surface area contributed by atoms with Crippen molar-refractivity contribution in [2.24, 2.45) is 0 Å². The van der Waals surface area contributed by atoms with E-state index in [4.69, 9.17) is 14.4 Å². The van der Waals surface area contributed by atoms with E-state index in [0.717, 1.165) is 42.0 Å². The second-order valence-corrected chi connectivity index (χ2v) is 7.37. The summed E-state index contributed by atoms with van der Waals surface area (Å²) in [5.41, 5.74) is 2.08. The zero-order chi connectivity index (χ0) is 22.8. The molecule has 1 atom stereocenters. The summed E-state index contributed by atoms with van der Waals surface area (Å²) in [5, 5.41) is 17.1. The lowest BCUT2D eigenvalue weighted by molar-refractivity contribution is -0.192. The Labute approximate surface area is 176 Å². The summed E-state index contributed by atoms with van der Waals surface area (Å²) in [4.78, 5) is 16.0. The van der Waals surface area contributed by atoms with E-state index >= 15 is 0 Å². The van der Waals surface area contributed by atoms with Crippen LogP contribution < -0.4 is 0 Å². The molecule has 3 aromatic rings. The Hall–Kier alpha value is -2.95. The fraction of sp³-hybridized carbons (Fsp3) is 0.500. The highest BCUT2D eigenvalue weighted by Crippen LogP contribution is 2.29. The van der Waals surface area contributed by atoms with Crippen LogP contribution in [-0.4, -0.2) is 61.2 Å². The minimum absolute atomic E-state index is 0.340. The molecule has 1 aromatic carbocycles. The molecule has 1 unspecified atom stereocenters. The molecule has 0 spiro atoms. The third-order valence-electron chi connectivity index (χ3n) is 5.33. The van der Waals surface area contributed by atoms with Crippen molar-refractivity contribution in [1.29, 1.82) is 0 Å². The second kappa shape index (κ2) is 9.04. The molecule has 0 radical (unpaired) electrons.